The maximum Gasteiger partial charge on any atom is 0.343 e. The van der Waals surface area contributed by atoms with Gasteiger partial charge in [-0.3, -0.25) is 4.31 Å². The lowest BCUT2D eigenvalue weighted by molar-refractivity contribution is 0.0735. The lowest BCUT2D eigenvalue weighted by Crippen LogP contribution is -2.30. The second kappa shape index (κ2) is 8.86. The van der Waals surface area contributed by atoms with Crippen molar-refractivity contribution in [2.75, 3.05) is 10.8 Å². The zero-order valence-corrected chi connectivity index (χ0v) is 17.7. The summed E-state index contributed by atoms with van der Waals surface area (Å²) in [6, 6.07) is 19.0. The summed E-state index contributed by atoms with van der Waals surface area (Å²) in [5.74, 6) is -0.546. The molecule has 3 rings (SSSR count). The fraction of sp³-hybridized carbons (Fsp3) is 0.0952. The van der Waals surface area contributed by atoms with Crippen LogP contribution in [0.3, 0.4) is 0 Å². The van der Waals surface area contributed by atoms with Gasteiger partial charge in [0.15, 0.2) is 5.75 Å². The highest BCUT2D eigenvalue weighted by atomic mass is 35.5. The van der Waals surface area contributed by atoms with Crippen LogP contribution in [0.4, 0.5) is 5.69 Å². The average Bonchev–Trinajstić information content (AvgIpc) is 2.72. The molecule has 0 fully saturated rings. The Morgan fingerprint density at radius 1 is 0.931 bits per heavy atom. The Morgan fingerprint density at radius 2 is 1.59 bits per heavy atom. The van der Waals surface area contributed by atoms with Gasteiger partial charge in [-0.25, -0.2) is 13.2 Å². The molecule has 0 amide bonds. The minimum atomic E-state index is -3.78. The molecular weight excluding hydrogens is 433 g/mol. The van der Waals surface area contributed by atoms with E-state index in [9.17, 15) is 13.2 Å². The first-order valence-corrected chi connectivity index (χ1v) is 10.9. The fourth-order valence-electron chi connectivity index (χ4n) is 2.70. The predicted octanol–water partition coefficient (Wildman–Crippen LogP) is 5.43. The van der Waals surface area contributed by atoms with Crippen molar-refractivity contribution < 1.29 is 17.9 Å². The average molecular weight is 450 g/mol. The van der Waals surface area contributed by atoms with Crippen molar-refractivity contribution in [2.24, 2.45) is 0 Å². The molecule has 5 nitrogen and oxygen atoms in total. The van der Waals surface area contributed by atoms with Gasteiger partial charge in [0.1, 0.15) is 5.02 Å². The molecule has 0 aliphatic heterocycles. The Labute approximate surface area is 179 Å². The Morgan fingerprint density at radius 3 is 2.21 bits per heavy atom. The second-order valence-electron chi connectivity index (χ2n) is 5.97. The third kappa shape index (κ3) is 4.56. The minimum Gasteiger partial charge on any atom is -0.421 e. The summed E-state index contributed by atoms with van der Waals surface area (Å²) in [6.07, 6.45) is 0. The molecule has 0 aliphatic carbocycles. The van der Waals surface area contributed by atoms with E-state index in [0.717, 1.165) is 0 Å². The number of hydrogen-bond donors (Lipinski definition) is 0. The van der Waals surface area contributed by atoms with Gasteiger partial charge in [0.25, 0.3) is 10.0 Å². The van der Waals surface area contributed by atoms with E-state index < -0.39 is 16.0 Å². The predicted molar refractivity (Wildman–Crippen MR) is 115 cm³/mol. The van der Waals surface area contributed by atoms with Crippen LogP contribution in [0.15, 0.2) is 77.7 Å². The Hall–Kier alpha value is -2.54. The van der Waals surface area contributed by atoms with Crippen LogP contribution < -0.4 is 9.04 Å². The van der Waals surface area contributed by atoms with Crippen molar-refractivity contribution in [3.05, 3.63) is 88.4 Å². The number of sulfonamides is 1. The zero-order valence-electron chi connectivity index (χ0n) is 15.4. The van der Waals surface area contributed by atoms with Crippen molar-refractivity contribution >= 4 is 44.9 Å². The van der Waals surface area contributed by atoms with E-state index in [1.165, 1.54) is 34.6 Å². The van der Waals surface area contributed by atoms with E-state index in [4.69, 9.17) is 27.9 Å². The smallest absolute Gasteiger partial charge is 0.343 e. The van der Waals surface area contributed by atoms with Gasteiger partial charge in [-0.05, 0) is 55.5 Å². The van der Waals surface area contributed by atoms with Crippen LogP contribution in [0.25, 0.3) is 0 Å². The van der Waals surface area contributed by atoms with Crippen LogP contribution >= 0.6 is 23.2 Å². The number of benzene rings is 3. The van der Waals surface area contributed by atoms with Crippen LogP contribution in [-0.4, -0.2) is 20.9 Å². The molecule has 0 spiro atoms. The lowest BCUT2D eigenvalue weighted by atomic mass is 10.2. The molecule has 0 N–H and O–H groups in total. The number of hydrogen-bond acceptors (Lipinski definition) is 4. The number of carbonyl (C=O) groups excluding carboxylic acids is 1. The van der Waals surface area contributed by atoms with E-state index in [1.807, 2.05) is 6.07 Å². The molecule has 0 unspecified atom stereocenters. The van der Waals surface area contributed by atoms with Crippen molar-refractivity contribution in [2.45, 2.75) is 11.8 Å². The highest BCUT2D eigenvalue weighted by Gasteiger charge is 2.24. The first kappa shape index (κ1) is 21.2. The van der Waals surface area contributed by atoms with Crippen molar-refractivity contribution in [1.82, 2.24) is 0 Å². The SMILES string of the molecule is CCN(c1ccccc1)S(=O)(=O)c1ccc(C(=O)Oc2cccc(Cl)c2Cl)cc1. The fourth-order valence-corrected chi connectivity index (χ4v) is 4.50. The molecule has 0 atom stereocenters. The number of esters is 1. The molecule has 0 radical (unpaired) electrons. The lowest BCUT2D eigenvalue weighted by Gasteiger charge is -2.22. The Balaban J connectivity index is 1.83. The van der Waals surface area contributed by atoms with Gasteiger partial charge in [0, 0.05) is 6.54 Å². The number of nitrogens with zero attached hydrogens (tertiary/aromatic N) is 1. The summed E-state index contributed by atoms with van der Waals surface area (Å²) in [4.78, 5) is 12.4. The number of anilines is 1. The molecule has 3 aromatic carbocycles. The monoisotopic (exact) mass is 449 g/mol. The largest absolute Gasteiger partial charge is 0.421 e. The summed E-state index contributed by atoms with van der Waals surface area (Å²) in [6.45, 7) is 2.02. The highest BCUT2D eigenvalue weighted by molar-refractivity contribution is 7.92. The first-order valence-electron chi connectivity index (χ1n) is 8.68. The van der Waals surface area contributed by atoms with Gasteiger partial charge in [-0.1, -0.05) is 47.5 Å². The van der Waals surface area contributed by atoms with Gasteiger partial charge in [-0.2, -0.15) is 0 Å². The molecule has 0 bridgehead atoms. The molecule has 150 valence electrons. The van der Waals surface area contributed by atoms with Crippen LogP contribution in [0.5, 0.6) is 5.75 Å². The summed E-state index contributed by atoms with van der Waals surface area (Å²) >= 11 is 11.9. The van der Waals surface area contributed by atoms with Gasteiger partial charge < -0.3 is 4.74 Å². The number of para-hydroxylation sites is 1. The number of ether oxygens (including phenoxy) is 1. The highest BCUT2D eigenvalue weighted by Crippen LogP contribution is 2.32. The van der Waals surface area contributed by atoms with E-state index >= 15 is 0 Å². The number of halogens is 2. The zero-order chi connectivity index (χ0) is 21.0. The van der Waals surface area contributed by atoms with Crippen LogP contribution in [0.1, 0.15) is 17.3 Å². The molecule has 0 heterocycles. The van der Waals surface area contributed by atoms with E-state index in [1.54, 1.807) is 43.3 Å². The van der Waals surface area contributed by atoms with Crippen LogP contribution in [-0.2, 0) is 10.0 Å². The van der Waals surface area contributed by atoms with E-state index in [0.29, 0.717) is 5.69 Å². The molecule has 3 aromatic rings. The van der Waals surface area contributed by atoms with Crippen molar-refractivity contribution in [1.29, 1.82) is 0 Å². The normalized spacial score (nSPS) is 11.1. The molecule has 0 aliphatic rings. The van der Waals surface area contributed by atoms with Gasteiger partial charge >= 0.3 is 5.97 Å². The molecule has 29 heavy (non-hydrogen) atoms. The van der Waals surface area contributed by atoms with Gasteiger partial charge in [0.05, 0.1) is 21.2 Å². The summed E-state index contributed by atoms with van der Waals surface area (Å²) in [7, 11) is -3.78. The molecule has 0 aromatic heterocycles. The molecule has 0 saturated carbocycles. The van der Waals surface area contributed by atoms with Gasteiger partial charge in [0.2, 0.25) is 0 Å². The Kier molecular flexibility index (Phi) is 6.47. The summed E-state index contributed by atoms with van der Waals surface area (Å²) < 4.78 is 32.5. The minimum absolute atomic E-state index is 0.0699. The summed E-state index contributed by atoms with van der Waals surface area (Å²) in [5.41, 5.74) is 0.747. The first-order chi connectivity index (χ1) is 13.8. The van der Waals surface area contributed by atoms with Crippen molar-refractivity contribution in [3.63, 3.8) is 0 Å². The standard InChI is InChI=1S/C21H17Cl2NO4S/c1-2-24(16-7-4-3-5-8-16)29(26,27)17-13-11-15(12-14-17)21(25)28-19-10-6-9-18(22)20(19)23/h3-14H,2H2,1H3. The number of rotatable bonds is 6. The van der Waals surface area contributed by atoms with Gasteiger partial charge in [-0.15, -0.1) is 0 Å². The Bertz CT molecular complexity index is 1120. The third-order valence-electron chi connectivity index (χ3n) is 4.13. The quantitative estimate of drug-likeness (QED) is 0.371. The van der Waals surface area contributed by atoms with E-state index in [2.05, 4.69) is 0 Å². The maximum absolute atomic E-state index is 13.0. The molecule has 0 saturated heterocycles. The topological polar surface area (TPSA) is 63.7 Å². The second-order valence-corrected chi connectivity index (χ2v) is 8.62. The third-order valence-corrected chi connectivity index (χ3v) is 6.85. The van der Waals surface area contributed by atoms with Crippen LogP contribution in [0, 0.1) is 0 Å². The molecule has 8 heteroatoms. The van der Waals surface area contributed by atoms with E-state index in [-0.39, 0.29) is 32.8 Å². The van der Waals surface area contributed by atoms with Crippen LogP contribution in [0.2, 0.25) is 10.0 Å². The number of carbonyl (C=O) groups is 1. The van der Waals surface area contributed by atoms with Crippen molar-refractivity contribution in [3.8, 4) is 5.75 Å². The summed E-state index contributed by atoms with van der Waals surface area (Å²) in [5, 5.41) is 0.391. The maximum atomic E-state index is 13.0. The molecular formula is C21H17Cl2NO4S.